The van der Waals surface area contributed by atoms with Crippen molar-refractivity contribution in [2.75, 3.05) is 16.8 Å². The average molecular weight is 395 g/mol. The minimum absolute atomic E-state index is 0.125. The van der Waals surface area contributed by atoms with Crippen molar-refractivity contribution in [1.29, 1.82) is 0 Å². The minimum atomic E-state index is -0.304. The molecule has 1 aliphatic heterocycles. The van der Waals surface area contributed by atoms with Gasteiger partial charge in [0.15, 0.2) is 5.13 Å². The van der Waals surface area contributed by atoms with Gasteiger partial charge in [0, 0.05) is 35.2 Å². The lowest BCUT2D eigenvalue weighted by atomic mass is 10.1. The molecule has 4 rings (SSSR count). The Bertz CT molecular complexity index is 999. The van der Waals surface area contributed by atoms with Gasteiger partial charge in [0.2, 0.25) is 5.91 Å². The summed E-state index contributed by atoms with van der Waals surface area (Å²) < 4.78 is 13.0. The summed E-state index contributed by atoms with van der Waals surface area (Å²) in [7, 11) is 0. The predicted octanol–water partition coefficient (Wildman–Crippen LogP) is 4.72. The molecule has 0 aliphatic carbocycles. The van der Waals surface area contributed by atoms with Crippen LogP contribution in [-0.4, -0.2) is 23.3 Å². The van der Waals surface area contributed by atoms with Gasteiger partial charge in [-0.25, -0.2) is 9.37 Å². The molecule has 2 amide bonds. The van der Waals surface area contributed by atoms with Crippen molar-refractivity contribution < 1.29 is 14.0 Å². The SMILES string of the molecule is O=C(Nc1nc(-c2ccc(F)cc2)cs1)c1ccc(N2CCCCC2=O)cc1. The number of piperidine rings is 1. The summed E-state index contributed by atoms with van der Waals surface area (Å²) in [6.45, 7) is 0.718. The van der Waals surface area contributed by atoms with E-state index in [4.69, 9.17) is 0 Å². The quantitative estimate of drug-likeness (QED) is 0.695. The molecule has 7 heteroatoms. The molecule has 28 heavy (non-hydrogen) atoms. The van der Waals surface area contributed by atoms with Crippen LogP contribution >= 0.6 is 11.3 Å². The van der Waals surface area contributed by atoms with E-state index in [0.29, 0.717) is 22.8 Å². The molecule has 0 atom stereocenters. The molecule has 0 spiro atoms. The largest absolute Gasteiger partial charge is 0.312 e. The number of benzene rings is 2. The molecule has 1 fully saturated rings. The van der Waals surface area contributed by atoms with Gasteiger partial charge < -0.3 is 4.90 Å². The van der Waals surface area contributed by atoms with Crippen molar-refractivity contribution in [3.8, 4) is 11.3 Å². The molecular weight excluding hydrogens is 377 g/mol. The first-order chi connectivity index (χ1) is 13.6. The van der Waals surface area contributed by atoms with E-state index in [2.05, 4.69) is 10.3 Å². The van der Waals surface area contributed by atoms with Crippen molar-refractivity contribution in [3.05, 3.63) is 65.3 Å². The fraction of sp³-hybridized carbons (Fsp3) is 0.190. The topological polar surface area (TPSA) is 62.3 Å². The third-order valence-electron chi connectivity index (χ3n) is 4.63. The van der Waals surface area contributed by atoms with Crippen molar-refractivity contribution in [2.24, 2.45) is 0 Å². The van der Waals surface area contributed by atoms with Crippen molar-refractivity contribution >= 4 is 34.0 Å². The van der Waals surface area contributed by atoms with E-state index >= 15 is 0 Å². The van der Waals surface area contributed by atoms with E-state index in [1.54, 1.807) is 41.3 Å². The molecule has 2 aromatic carbocycles. The molecule has 142 valence electrons. The fourth-order valence-electron chi connectivity index (χ4n) is 3.13. The van der Waals surface area contributed by atoms with Crippen LogP contribution in [-0.2, 0) is 4.79 Å². The van der Waals surface area contributed by atoms with Crippen molar-refractivity contribution in [1.82, 2.24) is 4.98 Å². The van der Waals surface area contributed by atoms with E-state index in [-0.39, 0.29) is 17.6 Å². The van der Waals surface area contributed by atoms with Crippen LogP contribution < -0.4 is 10.2 Å². The summed E-state index contributed by atoms with van der Waals surface area (Å²) in [5.41, 5.74) is 2.77. The highest BCUT2D eigenvalue weighted by atomic mass is 32.1. The zero-order chi connectivity index (χ0) is 19.5. The Morgan fingerprint density at radius 2 is 1.82 bits per heavy atom. The van der Waals surface area contributed by atoms with Crippen LogP contribution in [0.1, 0.15) is 29.6 Å². The number of amides is 2. The average Bonchev–Trinajstić information content (AvgIpc) is 3.17. The molecular formula is C21H18FN3O2S. The maximum absolute atomic E-state index is 13.0. The fourth-order valence-corrected chi connectivity index (χ4v) is 3.84. The highest BCUT2D eigenvalue weighted by Gasteiger charge is 2.20. The van der Waals surface area contributed by atoms with Gasteiger partial charge >= 0.3 is 0 Å². The van der Waals surface area contributed by atoms with Gasteiger partial charge in [-0.1, -0.05) is 0 Å². The van der Waals surface area contributed by atoms with E-state index in [9.17, 15) is 14.0 Å². The number of hydrogen-bond donors (Lipinski definition) is 1. The monoisotopic (exact) mass is 395 g/mol. The highest BCUT2D eigenvalue weighted by Crippen LogP contribution is 2.26. The van der Waals surface area contributed by atoms with Gasteiger partial charge in [0.25, 0.3) is 5.91 Å². The number of rotatable bonds is 4. The summed E-state index contributed by atoms with van der Waals surface area (Å²) in [6, 6.07) is 13.1. The second-order valence-electron chi connectivity index (χ2n) is 6.55. The van der Waals surface area contributed by atoms with E-state index in [1.165, 1.54) is 23.5 Å². The normalized spacial score (nSPS) is 14.2. The van der Waals surface area contributed by atoms with Gasteiger partial charge in [-0.3, -0.25) is 14.9 Å². The number of thiazole rings is 1. The van der Waals surface area contributed by atoms with Crippen LogP contribution in [0.2, 0.25) is 0 Å². The van der Waals surface area contributed by atoms with E-state index < -0.39 is 0 Å². The molecule has 1 saturated heterocycles. The van der Waals surface area contributed by atoms with Crippen LogP contribution in [0, 0.1) is 5.82 Å². The Morgan fingerprint density at radius 1 is 1.07 bits per heavy atom. The third-order valence-corrected chi connectivity index (χ3v) is 5.39. The zero-order valence-electron chi connectivity index (χ0n) is 15.0. The number of carbonyl (C=O) groups excluding carboxylic acids is 2. The highest BCUT2D eigenvalue weighted by molar-refractivity contribution is 7.14. The number of halogens is 1. The van der Waals surface area contributed by atoms with Gasteiger partial charge in [-0.2, -0.15) is 0 Å². The summed E-state index contributed by atoms with van der Waals surface area (Å²) in [5, 5.41) is 5.07. The second kappa shape index (κ2) is 7.90. The predicted molar refractivity (Wildman–Crippen MR) is 108 cm³/mol. The summed E-state index contributed by atoms with van der Waals surface area (Å²) in [6.07, 6.45) is 2.50. The molecule has 1 aliphatic rings. The van der Waals surface area contributed by atoms with Crippen LogP contribution in [0.3, 0.4) is 0 Å². The molecule has 1 N–H and O–H groups in total. The maximum Gasteiger partial charge on any atom is 0.257 e. The van der Waals surface area contributed by atoms with Crippen LogP contribution in [0.5, 0.6) is 0 Å². The second-order valence-corrected chi connectivity index (χ2v) is 7.41. The van der Waals surface area contributed by atoms with Crippen molar-refractivity contribution in [3.63, 3.8) is 0 Å². The van der Waals surface area contributed by atoms with E-state index in [0.717, 1.165) is 30.6 Å². The molecule has 0 unspecified atom stereocenters. The van der Waals surface area contributed by atoms with Crippen molar-refractivity contribution in [2.45, 2.75) is 19.3 Å². The van der Waals surface area contributed by atoms with Crippen LogP contribution in [0.25, 0.3) is 11.3 Å². The third kappa shape index (κ3) is 3.94. The van der Waals surface area contributed by atoms with Gasteiger partial charge in [-0.05, 0) is 61.4 Å². The minimum Gasteiger partial charge on any atom is -0.312 e. The standard InChI is InChI=1S/C21H18FN3O2S/c22-16-8-4-14(5-9-16)18-13-28-21(23-18)24-20(27)15-6-10-17(11-7-15)25-12-2-1-3-19(25)26/h4-11,13H,1-3,12H2,(H,23,24,27). The molecule has 3 aromatic rings. The number of carbonyl (C=O) groups is 2. The van der Waals surface area contributed by atoms with Crippen LogP contribution in [0.4, 0.5) is 15.2 Å². The summed E-state index contributed by atoms with van der Waals surface area (Å²) >= 11 is 1.31. The molecule has 1 aromatic heterocycles. The lowest BCUT2D eigenvalue weighted by molar-refractivity contribution is -0.119. The van der Waals surface area contributed by atoms with Gasteiger partial charge in [-0.15, -0.1) is 11.3 Å². The Labute approximate surface area is 165 Å². The molecule has 0 saturated carbocycles. The summed E-state index contributed by atoms with van der Waals surface area (Å²) in [5.74, 6) is -0.446. The lowest BCUT2D eigenvalue weighted by Gasteiger charge is -2.26. The maximum atomic E-state index is 13.0. The Morgan fingerprint density at radius 3 is 2.54 bits per heavy atom. The first kappa shape index (κ1) is 18.3. The van der Waals surface area contributed by atoms with Gasteiger partial charge in [0.05, 0.1) is 5.69 Å². The number of hydrogen-bond acceptors (Lipinski definition) is 4. The molecule has 0 bridgehead atoms. The Hall–Kier alpha value is -3.06. The number of nitrogens with zero attached hydrogens (tertiary/aromatic N) is 2. The Kier molecular flexibility index (Phi) is 5.16. The van der Waals surface area contributed by atoms with Gasteiger partial charge in [0.1, 0.15) is 5.82 Å². The number of nitrogens with one attached hydrogen (secondary N) is 1. The summed E-state index contributed by atoms with van der Waals surface area (Å²) in [4.78, 5) is 30.6. The zero-order valence-corrected chi connectivity index (χ0v) is 15.8. The smallest absolute Gasteiger partial charge is 0.257 e. The first-order valence-corrected chi connectivity index (χ1v) is 9.91. The molecule has 5 nitrogen and oxygen atoms in total. The van der Waals surface area contributed by atoms with Crippen LogP contribution in [0.15, 0.2) is 53.9 Å². The molecule has 2 heterocycles. The van der Waals surface area contributed by atoms with E-state index in [1.807, 2.05) is 5.38 Å². The molecule has 0 radical (unpaired) electrons. The first-order valence-electron chi connectivity index (χ1n) is 9.03. The Balaban J connectivity index is 1.44. The number of aromatic nitrogens is 1. The number of anilines is 2. The lowest BCUT2D eigenvalue weighted by Crippen LogP contribution is -2.35.